The van der Waals surface area contributed by atoms with E-state index in [1.165, 1.54) is 4.90 Å². The van der Waals surface area contributed by atoms with E-state index in [0.29, 0.717) is 31.7 Å². The first-order valence-electron chi connectivity index (χ1n) is 5.60. The predicted molar refractivity (Wildman–Crippen MR) is 58.4 cm³/mol. The monoisotopic (exact) mass is 226 g/mol. The molecule has 1 N–H and O–H groups in total. The number of imide groups is 1. The topological polar surface area (TPSA) is 66.5 Å². The molecule has 5 nitrogen and oxygen atoms in total. The predicted octanol–water partition coefficient (Wildman–Crippen LogP) is 0.296. The normalized spacial score (nSPS) is 17.7. The zero-order chi connectivity index (χ0) is 12.1. The molecule has 90 valence electrons. The molecule has 1 aliphatic rings. The second kappa shape index (κ2) is 5.63. The molecule has 5 heteroatoms. The number of amides is 3. The van der Waals surface area contributed by atoms with Gasteiger partial charge in [0.1, 0.15) is 6.04 Å². The van der Waals surface area contributed by atoms with Crippen LogP contribution in [-0.4, -0.2) is 35.7 Å². The van der Waals surface area contributed by atoms with Gasteiger partial charge in [-0.3, -0.25) is 19.3 Å². The lowest BCUT2D eigenvalue weighted by molar-refractivity contribution is -0.144. The van der Waals surface area contributed by atoms with Gasteiger partial charge >= 0.3 is 0 Å². The maximum atomic E-state index is 12.0. The van der Waals surface area contributed by atoms with E-state index < -0.39 is 6.04 Å². The van der Waals surface area contributed by atoms with E-state index in [-0.39, 0.29) is 11.8 Å². The summed E-state index contributed by atoms with van der Waals surface area (Å²) in [6.45, 7) is 4.42. The molecule has 0 aromatic rings. The Labute approximate surface area is 95.2 Å². The van der Waals surface area contributed by atoms with E-state index in [4.69, 9.17) is 0 Å². The van der Waals surface area contributed by atoms with Crippen LogP contribution in [-0.2, 0) is 14.4 Å². The van der Waals surface area contributed by atoms with Crippen LogP contribution in [0.5, 0.6) is 0 Å². The summed E-state index contributed by atoms with van der Waals surface area (Å²) in [4.78, 5) is 35.0. The summed E-state index contributed by atoms with van der Waals surface area (Å²) >= 11 is 0. The Morgan fingerprint density at radius 1 is 1.56 bits per heavy atom. The van der Waals surface area contributed by atoms with Gasteiger partial charge in [-0.1, -0.05) is 13.8 Å². The highest BCUT2D eigenvalue weighted by Gasteiger charge is 2.31. The minimum Gasteiger partial charge on any atom is -0.347 e. The third-order valence-corrected chi connectivity index (χ3v) is 2.61. The van der Waals surface area contributed by atoms with Gasteiger partial charge in [-0.2, -0.15) is 0 Å². The quantitative estimate of drug-likeness (QED) is 0.685. The Kier molecular flexibility index (Phi) is 4.46. The Balaban J connectivity index is 2.65. The van der Waals surface area contributed by atoms with E-state index in [2.05, 4.69) is 5.32 Å². The summed E-state index contributed by atoms with van der Waals surface area (Å²) in [6, 6.07) is -0.570. The number of carbonyl (C=O) groups excluding carboxylic acids is 3. The van der Waals surface area contributed by atoms with Gasteiger partial charge in [0, 0.05) is 13.0 Å². The first-order chi connectivity index (χ1) is 7.56. The number of likely N-dealkylation sites (tertiary alicyclic amines) is 1. The van der Waals surface area contributed by atoms with Crippen LogP contribution in [0.2, 0.25) is 0 Å². The molecule has 16 heavy (non-hydrogen) atoms. The summed E-state index contributed by atoms with van der Waals surface area (Å²) in [7, 11) is 0. The molecule has 0 bridgehead atoms. The zero-order valence-corrected chi connectivity index (χ0v) is 9.73. The molecule has 1 fully saturated rings. The van der Waals surface area contributed by atoms with Crippen molar-refractivity contribution in [3.63, 3.8) is 0 Å². The lowest BCUT2D eigenvalue weighted by atomic mass is 10.0. The molecular formula is C11H18N2O3. The summed E-state index contributed by atoms with van der Waals surface area (Å²) in [5.41, 5.74) is 0. The number of hydrogen-bond donors (Lipinski definition) is 1. The fourth-order valence-corrected chi connectivity index (χ4v) is 1.86. The molecule has 1 saturated heterocycles. The minimum absolute atomic E-state index is 0.133. The van der Waals surface area contributed by atoms with Crippen molar-refractivity contribution >= 4 is 18.2 Å². The smallest absolute Gasteiger partial charge is 0.251 e. The molecule has 1 heterocycles. The summed E-state index contributed by atoms with van der Waals surface area (Å²) in [5.74, 6) is -0.117. The second-order valence-electron chi connectivity index (χ2n) is 4.45. The van der Waals surface area contributed by atoms with Crippen molar-refractivity contribution < 1.29 is 14.4 Å². The fraction of sp³-hybridized carbons (Fsp3) is 0.727. The zero-order valence-electron chi connectivity index (χ0n) is 9.73. The van der Waals surface area contributed by atoms with Crippen molar-refractivity contribution in [3.8, 4) is 0 Å². The van der Waals surface area contributed by atoms with E-state index in [9.17, 15) is 14.4 Å². The van der Waals surface area contributed by atoms with Gasteiger partial charge < -0.3 is 5.32 Å². The molecule has 0 saturated carbocycles. The van der Waals surface area contributed by atoms with Crippen molar-refractivity contribution in [2.45, 2.75) is 39.2 Å². The highest BCUT2D eigenvalue weighted by Crippen LogP contribution is 2.14. The second-order valence-corrected chi connectivity index (χ2v) is 4.45. The third kappa shape index (κ3) is 3.05. The molecule has 1 atom stereocenters. The van der Waals surface area contributed by atoms with Crippen LogP contribution in [0.25, 0.3) is 0 Å². The summed E-state index contributed by atoms with van der Waals surface area (Å²) in [5, 5.41) is 2.49. The van der Waals surface area contributed by atoms with Gasteiger partial charge in [0.2, 0.25) is 12.3 Å². The molecule has 1 rings (SSSR count). The molecule has 0 radical (unpaired) electrons. The van der Waals surface area contributed by atoms with Crippen molar-refractivity contribution in [2.24, 2.45) is 5.92 Å². The maximum Gasteiger partial charge on any atom is 0.251 e. The number of nitrogens with zero attached hydrogens (tertiary/aromatic N) is 1. The molecular weight excluding hydrogens is 208 g/mol. The standard InChI is InChI=1S/C11H18N2O3/c1-8(2)6-9(12-7-14)11(16)13-5-3-4-10(13)15/h7-9H,3-6H2,1-2H3,(H,12,14). The van der Waals surface area contributed by atoms with Gasteiger partial charge in [-0.25, -0.2) is 0 Å². The van der Waals surface area contributed by atoms with E-state index in [1.54, 1.807) is 0 Å². The SMILES string of the molecule is CC(C)CC(NC=O)C(=O)N1CCCC1=O. The van der Waals surface area contributed by atoms with Crippen LogP contribution in [0.3, 0.4) is 0 Å². The minimum atomic E-state index is -0.570. The van der Waals surface area contributed by atoms with E-state index in [0.717, 1.165) is 6.42 Å². The highest BCUT2D eigenvalue weighted by molar-refractivity contribution is 5.99. The Bertz CT molecular complexity index is 289. The van der Waals surface area contributed by atoms with Gasteiger partial charge in [0.05, 0.1) is 0 Å². The molecule has 3 amide bonds. The van der Waals surface area contributed by atoms with Crippen molar-refractivity contribution in [2.75, 3.05) is 6.54 Å². The largest absolute Gasteiger partial charge is 0.347 e. The Morgan fingerprint density at radius 3 is 2.69 bits per heavy atom. The van der Waals surface area contributed by atoms with Crippen LogP contribution >= 0.6 is 0 Å². The average molecular weight is 226 g/mol. The Hall–Kier alpha value is -1.39. The summed E-state index contributed by atoms with van der Waals surface area (Å²) < 4.78 is 0. The van der Waals surface area contributed by atoms with E-state index >= 15 is 0 Å². The van der Waals surface area contributed by atoms with Crippen LogP contribution in [0.4, 0.5) is 0 Å². The molecule has 1 aliphatic heterocycles. The van der Waals surface area contributed by atoms with Crippen molar-refractivity contribution in [3.05, 3.63) is 0 Å². The van der Waals surface area contributed by atoms with Crippen LogP contribution in [0.15, 0.2) is 0 Å². The van der Waals surface area contributed by atoms with Gasteiger partial charge in [0.15, 0.2) is 0 Å². The fourth-order valence-electron chi connectivity index (χ4n) is 1.86. The number of nitrogens with one attached hydrogen (secondary N) is 1. The first-order valence-corrected chi connectivity index (χ1v) is 5.60. The molecule has 0 aromatic heterocycles. The summed E-state index contributed by atoms with van der Waals surface area (Å²) in [6.07, 6.45) is 2.23. The van der Waals surface area contributed by atoms with Crippen molar-refractivity contribution in [1.82, 2.24) is 10.2 Å². The van der Waals surface area contributed by atoms with Crippen LogP contribution in [0, 0.1) is 5.92 Å². The lowest BCUT2D eigenvalue weighted by Crippen LogP contribution is -2.47. The van der Waals surface area contributed by atoms with Gasteiger partial charge in [-0.15, -0.1) is 0 Å². The average Bonchev–Trinajstić information content (AvgIpc) is 2.62. The lowest BCUT2D eigenvalue weighted by Gasteiger charge is -2.22. The number of rotatable bonds is 5. The molecule has 0 aromatic carbocycles. The molecule has 1 unspecified atom stereocenters. The number of hydrogen-bond acceptors (Lipinski definition) is 3. The Morgan fingerprint density at radius 2 is 2.25 bits per heavy atom. The van der Waals surface area contributed by atoms with Gasteiger partial charge in [0.25, 0.3) is 5.91 Å². The molecule has 0 spiro atoms. The third-order valence-electron chi connectivity index (χ3n) is 2.61. The highest BCUT2D eigenvalue weighted by atomic mass is 16.2. The van der Waals surface area contributed by atoms with Gasteiger partial charge in [-0.05, 0) is 18.8 Å². The van der Waals surface area contributed by atoms with E-state index in [1.807, 2.05) is 13.8 Å². The molecule has 0 aliphatic carbocycles. The maximum absolute atomic E-state index is 12.0. The van der Waals surface area contributed by atoms with Crippen LogP contribution < -0.4 is 5.32 Å². The van der Waals surface area contributed by atoms with Crippen molar-refractivity contribution in [1.29, 1.82) is 0 Å². The number of carbonyl (C=O) groups is 3. The van der Waals surface area contributed by atoms with Crippen LogP contribution in [0.1, 0.15) is 33.1 Å². The first kappa shape index (κ1) is 12.7.